The summed E-state index contributed by atoms with van der Waals surface area (Å²) in [6.07, 6.45) is 14.7. The maximum Gasteiger partial charge on any atom is -0.0376 e. The topological polar surface area (TPSA) is 0 Å². The summed E-state index contributed by atoms with van der Waals surface area (Å²) in [5.74, 6) is 0. The van der Waals surface area contributed by atoms with Crippen molar-refractivity contribution >= 4 is 0 Å². The maximum absolute atomic E-state index is 2.14. The molecule has 0 heteroatoms. The van der Waals surface area contributed by atoms with E-state index >= 15 is 0 Å². The van der Waals surface area contributed by atoms with Gasteiger partial charge in [-0.3, -0.25) is 0 Å². The van der Waals surface area contributed by atoms with Crippen molar-refractivity contribution in [1.82, 2.24) is 0 Å². The average molecular weight is 136 g/mol. The lowest BCUT2D eigenvalue weighted by Crippen LogP contribution is -1.53. The second kappa shape index (κ2) is 8.22. The zero-order valence-corrected chi connectivity index (χ0v) is 6.88. The minimum Gasteiger partial charge on any atom is -0.0848 e. The van der Waals surface area contributed by atoms with E-state index in [-0.39, 0.29) is 0 Å². The van der Waals surface area contributed by atoms with E-state index in [4.69, 9.17) is 0 Å². The maximum atomic E-state index is 2.14. The smallest absolute Gasteiger partial charge is 0.0376 e. The molecule has 0 aromatic carbocycles. The van der Waals surface area contributed by atoms with E-state index < -0.39 is 0 Å². The Morgan fingerprint density at radius 3 is 1.40 bits per heavy atom. The molecule has 56 valence electrons. The van der Waals surface area contributed by atoms with Gasteiger partial charge in [-0.2, -0.15) is 0 Å². The van der Waals surface area contributed by atoms with Crippen molar-refractivity contribution < 1.29 is 0 Å². The number of rotatable bonds is 4. The predicted octanol–water partition coefficient (Wildman–Crippen LogP) is 3.48. The van der Waals surface area contributed by atoms with Crippen molar-refractivity contribution in [2.24, 2.45) is 0 Å². The first-order valence-corrected chi connectivity index (χ1v) is 3.90. The highest BCUT2D eigenvalue weighted by atomic mass is 13.7. The minimum absolute atomic E-state index is 1.11. The van der Waals surface area contributed by atoms with Gasteiger partial charge in [0.25, 0.3) is 0 Å². The van der Waals surface area contributed by atoms with Crippen LogP contribution < -0.4 is 0 Å². The summed E-state index contributed by atoms with van der Waals surface area (Å²) < 4.78 is 0. The fourth-order valence-electron chi connectivity index (χ4n) is 0.558. The molecule has 0 N–H and O–H groups in total. The van der Waals surface area contributed by atoms with Crippen LogP contribution in [0.1, 0.15) is 26.7 Å². The molecule has 0 radical (unpaired) electrons. The van der Waals surface area contributed by atoms with E-state index in [9.17, 15) is 0 Å². The summed E-state index contributed by atoms with van der Waals surface area (Å²) in [6.45, 7) is 4.26. The van der Waals surface area contributed by atoms with Crippen LogP contribution in [0.25, 0.3) is 0 Å². The van der Waals surface area contributed by atoms with Crippen LogP contribution >= 0.6 is 0 Å². The van der Waals surface area contributed by atoms with Gasteiger partial charge < -0.3 is 0 Å². The molecule has 0 rings (SSSR count). The fraction of sp³-hybridized carbons (Fsp3) is 0.400. The molecule has 0 nitrogen and oxygen atoms in total. The van der Waals surface area contributed by atoms with Gasteiger partial charge in [-0.05, 0) is 12.8 Å². The Labute approximate surface area is 64.0 Å². The average Bonchev–Trinajstić information content (AvgIpc) is 1.97. The van der Waals surface area contributed by atoms with Crippen LogP contribution in [0, 0.1) is 0 Å². The van der Waals surface area contributed by atoms with Crippen molar-refractivity contribution in [1.29, 1.82) is 0 Å². The van der Waals surface area contributed by atoms with Crippen molar-refractivity contribution in [3.8, 4) is 0 Å². The van der Waals surface area contributed by atoms with Crippen LogP contribution in [0.15, 0.2) is 36.5 Å². The summed E-state index contributed by atoms with van der Waals surface area (Å²) in [4.78, 5) is 0. The van der Waals surface area contributed by atoms with Crippen LogP contribution in [0.5, 0.6) is 0 Å². The van der Waals surface area contributed by atoms with Crippen LogP contribution in [0.2, 0.25) is 0 Å². The fourth-order valence-corrected chi connectivity index (χ4v) is 0.558. The largest absolute Gasteiger partial charge is 0.0848 e. The van der Waals surface area contributed by atoms with Crippen LogP contribution in [0.4, 0.5) is 0 Å². The van der Waals surface area contributed by atoms with Gasteiger partial charge in [0, 0.05) is 0 Å². The molecule has 0 aromatic heterocycles. The van der Waals surface area contributed by atoms with Gasteiger partial charge in [0.2, 0.25) is 0 Å². The highest BCUT2D eigenvalue weighted by Gasteiger charge is 1.62. The van der Waals surface area contributed by atoms with E-state index in [0.29, 0.717) is 0 Å². The molecule has 0 aliphatic rings. The van der Waals surface area contributed by atoms with E-state index in [1.807, 2.05) is 0 Å². The van der Waals surface area contributed by atoms with Crippen LogP contribution in [-0.4, -0.2) is 0 Å². The summed E-state index contributed by atoms with van der Waals surface area (Å²) in [6, 6.07) is 0. The normalized spacial score (nSPS) is 12.6. The van der Waals surface area contributed by atoms with Gasteiger partial charge in [-0.1, -0.05) is 50.3 Å². The number of hydrogen-bond donors (Lipinski definition) is 0. The van der Waals surface area contributed by atoms with Crippen molar-refractivity contribution in [3.05, 3.63) is 36.5 Å². The second-order valence-electron chi connectivity index (χ2n) is 2.06. The Morgan fingerprint density at radius 2 is 1.10 bits per heavy atom. The quantitative estimate of drug-likeness (QED) is 0.519. The molecule has 0 bridgehead atoms. The van der Waals surface area contributed by atoms with Gasteiger partial charge in [0.15, 0.2) is 0 Å². The number of hydrogen-bond acceptors (Lipinski definition) is 0. The molecule has 0 atom stereocenters. The molecule has 0 amide bonds. The summed E-state index contributed by atoms with van der Waals surface area (Å²) >= 11 is 0. The lowest BCUT2D eigenvalue weighted by molar-refractivity contribution is 1.22. The van der Waals surface area contributed by atoms with Gasteiger partial charge in [-0.25, -0.2) is 0 Å². The first-order chi connectivity index (χ1) is 4.91. The highest BCUT2D eigenvalue weighted by Crippen LogP contribution is 1.84. The molecule has 10 heavy (non-hydrogen) atoms. The third-order valence-electron chi connectivity index (χ3n) is 1.08. The standard InChI is InChI=1S/C10H16/c1-3-5-7-9-10-8-6-4-2/h5-10H,3-4H2,1-2H3/b7-5-,8-6-,10-9+. The lowest BCUT2D eigenvalue weighted by atomic mass is 10.3. The first kappa shape index (κ1) is 9.22. The first-order valence-electron chi connectivity index (χ1n) is 3.90. The Bertz CT molecular complexity index is 111. The monoisotopic (exact) mass is 136 g/mol. The molecule has 0 aliphatic heterocycles. The molecule has 0 aromatic rings. The van der Waals surface area contributed by atoms with Crippen molar-refractivity contribution in [3.63, 3.8) is 0 Å². The highest BCUT2D eigenvalue weighted by molar-refractivity contribution is 5.10. The van der Waals surface area contributed by atoms with E-state index in [2.05, 4.69) is 50.3 Å². The molecule has 0 unspecified atom stereocenters. The van der Waals surface area contributed by atoms with Crippen LogP contribution in [-0.2, 0) is 0 Å². The Kier molecular flexibility index (Phi) is 7.58. The van der Waals surface area contributed by atoms with Gasteiger partial charge in [-0.15, -0.1) is 0 Å². The van der Waals surface area contributed by atoms with Gasteiger partial charge >= 0.3 is 0 Å². The zero-order chi connectivity index (χ0) is 7.66. The van der Waals surface area contributed by atoms with E-state index in [1.54, 1.807) is 0 Å². The predicted molar refractivity (Wildman–Crippen MR) is 48.0 cm³/mol. The van der Waals surface area contributed by atoms with E-state index in [0.717, 1.165) is 12.8 Å². The molecule has 0 saturated heterocycles. The second-order valence-corrected chi connectivity index (χ2v) is 2.06. The molecule has 0 heterocycles. The third kappa shape index (κ3) is 7.22. The minimum atomic E-state index is 1.11. The molecule has 0 fully saturated rings. The Morgan fingerprint density at radius 1 is 0.700 bits per heavy atom. The summed E-state index contributed by atoms with van der Waals surface area (Å²) in [7, 11) is 0. The van der Waals surface area contributed by atoms with Crippen LogP contribution in [0.3, 0.4) is 0 Å². The Balaban J connectivity index is 3.37. The molecular weight excluding hydrogens is 120 g/mol. The van der Waals surface area contributed by atoms with Gasteiger partial charge in [0.05, 0.1) is 0 Å². The number of allylic oxidation sites excluding steroid dienone is 6. The molecule has 0 saturated carbocycles. The zero-order valence-electron chi connectivity index (χ0n) is 6.88. The SMILES string of the molecule is CC\C=C/C=C/C=C\CC. The third-order valence-corrected chi connectivity index (χ3v) is 1.08. The summed E-state index contributed by atoms with van der Waals surface area (Å²) in [5.41, 5.74) is 0. The molecule has 0 aliphatic carbocycles. The van der Waals surface area contributed by atoms with Gasteiger partial charge in [0.1, 0.15) is 0 Å². The van der Waals surface area contributed by atoms with E-state index in [1.165, 1.54) is 0 Å². The Hall–Kier alpha value is -0.780. The summed E-state index contributed by atoms with van der Waals surface area (Å²) in [5, 5.41) is 0. The lowest BCUT2D eigenvalue weighted by Gasteiger charge is -1.74. The van der Waals surface area contributed by atoms with Crippen molar-refractivity contribution in [2.75, 3.05) is 0 Å². The molecule has 0 spiro atoms. The van der Waals surface area contributed by atoms with Crippen molar-refractivity contribution in [2.45, 2.75) is 26.7 Å². The molecular formula is C10H16.